The van der Waals surface area contributed by atoms with Crippen LogP contribution in [0.4, 0.5) is 16.3 Å². The lowest BCUT2D eigenvalue weighted by Gasteiger charge is -2.08. The van der Waals surface area contributed by atoms with E-state index in [1.807, 2.05) is 48.5 Å². The maximum atomic E-state index is 12.1. The molecule has 6 nitrogen and oxygen atoms in total. The van der Waals surface area contributed by atoms with Gasteiger partial charge in [0.25, 0.3) is 0 Å². The quantitative estimate of drug-likeness (QED) is 0.588. The lowest BCUT2D eigenvalue weighted by Crippen LogP contribution is -2.19. The van der Waals surface area contributed by atoms with Crippen LogP contribution in [-0.4, -0.2) is 22.8 Å². The van der Waals surface area contributed by atoms with E-state index in [2.05, 4.69) is 27.8 Å². The number of aromatic nitrogens is 2. The van der Waals surface area contributed by atoms with Gasteiger partial charge in [0.2, 0.25) is 0 Å². The molecule has 0 atom stereocenters. The van der Waals surface area contributed by atoms with Crippen LogP contribution in [0.15, 0.2) is 48.5 Å². The smallest absolute Gasteiger partial charge is 0.324 e. The molecule has 0 unspecified atom stereocenters. The number of hydrogen-bond donors (Lipinski definition) is 3. The molecule has 0 bridgehead atoms. The first-order chi connectivity index (χ1) is 11.8. The van der Waals surface area contributed by atoms with Crippen molar-refractivity contribution < 1.29 is 9.53 Å². The highest BCUT2D eigenvalue weighted by Gasteiger charge is 2.09. The number of H-pyrrole nitrogens is 1. The first kappa shape index (κ1) is 15.9. The standard InChI is InChI=1S/C18H20N4O2/c1-2-3-12-24-14-10-8-13(9-11-14)19-18(23)20-17-15-6-4-5-7-16(15)21-22-17/h4-11H,2-3,12H2,1H3,(H3,19,20,21,22,23). The van der Waals surface area contributed by atoms with Crippen LogP contribution < -0.4 is 15.4 Å². The zero-order chi connectivity index (χ0) is 16.8. The SMILES string of the molecule is CCCCOc1ccc(NC(=O)Nc2n[nH]c3ccccc23)cc1. The molecule has 0 fully saturated rings. The molecule has 0 radical (unpaired) electrons. The third kappa shape index (κ3) is 3.84. The zero-order valence-electron chi connectivity index (χ0n) is 13.5. The van der Waals surface area contributed by atoms with Gasteiger partial charge in [-0.25, -0.2) is 4.79 Å². The van der Waals surface area contributed by atoms with Crippen molar-refractivity contribution in [2.75, 3.05) is 17.2 Å². The normalized spacial score (nSPS) is 10.5. The number of fused-ring (bicyclic) bond motifs is 1. The Morgan fingerprint density at radius 2 is 1.92 bits per heavy atom. The second kappa shape index (κ2) is 7.50. The number of carbonyl (C=O) groups is 1. The molecule has 3 rings (SSSR count). The van der Waals surface area contributed by atoms with Crippen molar-refractivity contribution in [1.29, 1.82) is 0 Å². The number of para-hydroxylation sites is 1. The zero-order valence-corrected chi connectivity index (χ0v) is 13.5. The van der Waals surface area contributed by atoms with Crippen LogP contribution in [0.3, 0.4) is 0 Å². The minimum atomic E-state index is -0.341. The Morgan fingerprint density at radius 1 is 1.12 bits per heavy atom. The molecule has 2 aromatic carbocycles. The average Bonchev–Trinajstić information content (AvgIpc) is 3.00. The summed E-state index contributed by atoms with van der Waals surface area (Å²) in [7, 11) is 0. The second-order valence-electron chi connectivity index (χ2n) is 5.42. The van der Waals surface area contributed by atoms with Gasteiger partial charge >= 0.3 is 6.03 Å². The van der Waals surface area contributed by atoms with E-state index >= 15 is 0 Å². The molecule has 6 heteroatoms. The number of amides is 2. The highest BCUT2D eigenvalue weighted by molar-refractivity contribution is 6.04. The molecule has 24 heavy (non-hydrogen) atoms. The number of carbonyl (C=O) groups excluding carboxylic acids is 1. The summed E-state index contributed by atoms with van der Waals surface area (Å²) in [5.74, 6) is 1.30. The number of nitrogens with one attached hydrogen (secondary N) is 3. The fraction of sp³-hybridized carbons (Fsp3) is 0.222. The predicted octanol–water partition coefficient (Wildman–Crippen LogP) is 4.39. The molecule has 2 amide bonds. The average molecular weight is 324 g/mol. The molecular weight excluding hydrogens is 304 g/mol. The number of aromatic amines is 1. The summed E-state index contributed by atoms with van der Waals surface area (Å²) >= 11 is 0. The molecule has 1 aromatic heterocycles. The topological polar surface area (TPSA) is 79.0 Å². The van der Waals surface area contributed by atoms with Crippen molar-refractivity contribution >= 4 is 28.4 Å². The number of unbranched alkanes of at least 4 members (excludes halogenated alkanes) is 1. The summed E-state index contributed by atoms with van der Waals surface area (Å²) < 4.78 is 5.60. The van der Waals surface area contributed by atoms with Gasteiger partial charge in [0.1, 0.15) is 5.75 Å². The van der Waals surface area contributed by atoms with Gasteiger partial charge in [-0.2, -0.15) is 5.10 Å². The summed E-state index contributed by atoms with van der Waals surface area (Å²) in [6.45, 7) is 2.83. The third-order valence-corrected chi connectivity index (χ3v) is 3.58. The van der Waals surface area contributed by atoms with Gasteiger partial charge in [0, 0.05) is 11.1 Å². The maximum absolute atomic E-state index is 12.1. The van der Waals surface area contributed by atoms with E-state index in [1.54, 1.807) is 0 Å². The Balaban J connectivity index is 1.58. The van der Waals surface area contributed by atoms with Crippen LogP contribution in [-0.2, 0) is 0 Å². The van der Waals surface area contributed by atoms with Crippen molar-refractivity contribution in [2.45, 2.75) is 19.8 Å². The highest BCUT2D eigenvalue weighted by atomic mass is 16.5. The molecule has 0 aliphatic rings. The first-order valence-electron chi connectivity index (χ1n) is 8.00. The van der Waals surface area contributed by atoms with E-state index in [0.717, 1.165) is 29.5 Å². The van der Waals surface area contributed by atoms with Gasteiger partial charge in [-0.1, -0.05) is 25.5 Å². The number of nitrogens with zero attached hydrogens (tertiary/aromatic N) is 1. The molecule has 0 spiro atoms. The Bertz CT molecular complexity index is 811. The lowest BCUT2D eigenvalue weighted by molar-refractivity contribution is 0.262. The van der Waals surface area contributed by atoms with Crippen molar-refractivity contribution in [2.24, 2.45) is 0 Å². The van der Waals surface area contributed by atoms with E-state index in [-0.39, 0.29) is 6.03 Å². The monoisotopic (exact) mass is 324 g/mol. The van der Waals surface area contributed by atoms with Crippen molar-refractivity contribution in [3.63, 3.8) is 0 Å². The Hall–Kier alpha value is -3.02. The van der Waals surface area contributed by atoms with E-state index in [0.29, 0.717) is 18.1 Å². The molecular formula is C18H20N4O2. The largest absolute Gasteiger partial charge is 0.494 e. The van der Waals surface area contributed by atoms with E-state index in [9.17, 15) is 4.79 Å². The van der Waals surface area contributed by atoms with Crippen molar-refractivity contribution in [1.82, 2.24) is 10.2 Å². The van der Waals surface area contributed by atoms with Gasteiger partial charge < -0.3 is 10.1 Å². The molecule has 0 aliphatic carbocycles. The molecule has 3 N–H and O–H groups in total. The fourth-order valence-corrected chi connectivity index (χ4v) is 2.30. The van der Waals surface area contributed by atoms with Gasteiger partial charge in [-0.15, -0.1) is 0 Å². The van der Waals surface area contributed by atoms with Crippen LogP contribution in [0, 0.1) is 0 Å². The number of benzene rings is 2. The van der Waals surface area contributed by atoms with Gasteiger partial charge in [-0.05, 0) is 42.8 Å². The first-order valence-corrected chi connectivity index (χ1v) is 8.00. The number of urea groups is 1. The van der Waals surface area contributed by atoms with Crippen LogP contribution >= 0.6 is 0 Å². The minimum Gasteiger partial charge on any atom is -0.494 e. The molecule has 0 saturated heterocycles. The van der Waals surface area contributed by atoms with Crippen LogP contribution in [0.2, 0.25) is 0 Å². The Kier molecular flexibility index (Phi) is 4.96. The predicted molar refractivity (Wildman–Crippen MR) is 95.6 cm³/mol. The summed E-state index contributed by atoms with van der Waals surface area (Å²) in [5, 5.41) is 13.4. The number of hydrogen-bond acceptors (Lipinski definition) is 3. The minimum absolute atomic E-state index is 0.341. The third-order valence-electron chi connectivity index (χ3n) is 3.58. The number of anilines is 2. The van der Waals surface area contributed by atoms with E-state index in [1.165, 1.54) is 0 Å². The summed E-state index contributed by atoms with van der Waals surface area (Å²) in [5.41, 5.74) is 1.57. The van der Waals surface area contributed by atoms with Crippen LogP contribution in [0.5, 0.6) is 5.75 Å². The van der Waals surface area contributed by atoms with Gasteiger partial charge in [-0.3, -0.25) is 10.4 Å². The Labute approximate surface area is 140 Å². The molecule has 0 aliphatic heterocycles. The van der Waals surface area contributed by atoms with Gasteiger partial charge in [0.15, 0.2) is 5.82 Å². The van der Waals surface area contributed by atoms with E-state index in [4.69, 9.17) is 4.74 Å². The van der Waals surface area contributed by atoms with E-state index < -0.39 is 0 Å². The van der Waals surface area contributed by atoms with Crippen molar-refractivity contribution in [3.8, 4) is 5.75 Å². The summed E-state index contributed by atoms with van der Waals surface area (Å²) in [4.78, 5) is 12.1. The second-order valence-corrected chi connectivity index (χ2v) is 5.42. The maximum Gasteiger partial charge on any atom is 0.324 e. The lowest BCUT2D eigenvalue weighted by atomic mass is 10.2. The van der Waals surface area contributed by atoms with Crippen LogP contribution in [0.1, 0.15) is 19.8 Å². The van der Waals surface area contributed by atoms with Gasteiger partial charge in [0.05, 0.1) is 12.1 Å². The molecule has 124 valence electrons. The molecule has 0 saturated carbocycles. The fourth-order valence-electron chi connectivity index (χ4n) is 2.30. The molecule has 3 aromatic rings. The summed E-state index contributed by atoms with van der Waals surface area (Å²) in [6, 6.07) is 14.6. The molecule has 1 heterocycles. The number of ether oxygens (including phenoxy) is 1. The summed E-state index contributed by atoms with van der Waals surface area (Å²) in [6.07, 6.45) is 2.13. The van der Waals surface area contributed by atoms with Crippen molar-refractivity contribution in [3.05, 3.63) is 48.5 Å². The Morgan fingerprint density at radius 3 is 2.71 bits per heavy atom. The van der Waals surface area contributed by atoms with Crippen LogP contribution in [0.25, 0.3) is 10.9 Å². The highest BCUT2D eigenvalue weighted by Crippen LogP contribution is 2.20. The number of rotatable bonds is 6.